The Kier molecular flexibility index (Phi) is 4.85. The molecule has 0 unspecified atom stereocenters. The molecule has 3 rings (SSSR count). The molecule has 7 heteroatoms. The van der Waals surface area contributed by atoms with Gasteiger partial charge < -0.3 is 16.8 Å². The fourth-order valence-electron chi connectivity index (χ4n) is 2.86. The van der Waals surface area contributed by atoms with Crippen LogP contribution in [0.1, 0.15) is 22.8 Å². The number of carbonyl (C=O) groups excluding carboxylic acids is 2. The highest BCUT2D eigenvalue weighted by molar-refractivity contribution is 6.11. The van der Waals surface area contributed by atoms with Crippen molar-refractivity contribution in [3.05, 3.63) is 59.7 Å². The van der Waals surface area contributed by atoms with Crippen LogP contribution in [0.2, 0.25) is 0 Å². The average Bonchev–Trinajstić information content (AvgIpc) is 2.59. The third-order valence-electron chi connectivity index (χ3n) is 4.01. The lowest BCUT2D eigenvalue weighted by molar-refractivity contribution is -0.114. The summed E-state index contributed by atoms with van der Waals surface area (Å²) in [6, 6.07) is 14.5. The number of pyridine rings is 1. The van der Waals surface area contributed by atoms with Crippen molar-refractivity contribution in [1.82, 2.24) is 4.98 Å². The minimum atomic E-state index is -0.551. The second kappa shape index (κ2) is 7.25. The zero-order valence-corrected chi connectivity index (χ0v) is 15.0. The Morgan fingerprint density at radius 3 is 2.48 bits per heavy atom. The van der Waals surface area contributed by atoms with Crippen LogP contribution in [0.15, 0.2) is 53.5 Å². The van der Waals surface area contributed by atoms with Crippen LogP contribution in [-0.4, -0.2) is 22.8 Å². The van der Waals surface area contributed by atoms with Crippen LogP contribution in [0, 0.1) is 6.92 Å². The Bertz CT molecular complexity index is 1080. The summed E-state index contributed by atoms with van der Waals surface area (Å²) in [5.41, 5.74) is 14.7. The number of benzene rings is 2. The monoisotopic (exact) mass is 361 g/mol. The van der Waals surface area contributed by atoms with Crippen molar-refractivity contribution in [1.29, 1.82) is 0 Å². The predicted octanol–water partition coefficient (Wildman–Crippen LogP) is 2.58. The van der Waals surface area contributed by atoms with Crippen molar-refractivity contribution >= 4 is 34.4 Å². The third kappa shape index (κ3) is 3.92. The normalized spacial score (nSPS) is 10.4. The van der Waals surface area contributed by atoms with E-state index in [0.717, 1.165) is 11.1 Å². The van der Waals surface area contributed by atoms with Crippen molar-refractivity contribution in [3.63, 3.8) is 0 Å². The molecule has 0 saturated heterocycles. The van der Waals surface area contributed by atoms with E-state index in [-0.39, 0.29) is 11.9 Å². The van der Waals surface area contributed by atoms with E-state index in [1.54, 1.807) is 24.3 Å². The molecular formula is C20H19N5O2. The number of carbonyl (C=O) groups is 2. The number of guanidine groups is 1. The number of aryl methyl sites for hydroxylation is 1. The summed E-state index contributed by atoms with van der Waals surface area (Å²) in [5.74, 6) is -1.05. The number of nitrogens with two attached hydrogens (primary N) is 2. The summed E-state index contributed by atoms with van der Waals surface area (Å²) in [4.78, 5) is 32.2. The Labute approximate surface area is 156 Å². The van der Waals surface area contributed by atoms with E-state index >= 15 is 0 Å². The molecule has 7 nitrogen and oxygen atoms in total. The summed E-state index contributed by atoms with van der Waals surface area (Å²) in [5, 5.41) is 3.31. The fraction of sp³-hybridized carbons (Fsp3) is 0.100. The Hall–Kier alpha value is -3.74. The smallest absolute Gasteiger partial charge is 0.280 e. The second-order valence-corrected chi connectivity index (χ2v) is 6.12. The van der Waals surface area contributed by atoms with Crippen LogP contribution < -0.4 is 16.8 Å². The Morgan fingerprint density at radius 1 is 1.07 bits per heavy atom. The number of fused-ring (bicyclic) bond motifs is 1. The topological polar surface area (TPSA) is 123 Å². The highest BCUT2D eigenvalue weighted by Gasteiger charge is 2.15. The van der Waals surface area contributed by atoms with E-state index in [1.165, 1.54) is 6.92 Å². The van der Waals surface area contributed by atoms with E-state index in [9.17, 15) is 9.59 Å². The molecule has 0 radical (unpaired) electrons. The average molecular weight is 361 g/mol. The minimum Gasteiger partial charge on any atom is -0.370 e. The lowest BCUT2D eigenvalue weighted by Crippen LogP contribution is -2.24. The lowest BCUT2D eigenvalue weighted by Gasteiger charge is -2.11. The number of rotatable bonds is 3. The summed E-state index contributed by atoms with van der Waals surface area (Å²) in [6.45, 7) is 3.39. The highest BCUT2D eigenvalue weighted by atomic mass is 16.2. The van der Waals surface area contributed by atoms with Crippen LogP contribution in [0.3, 0.4) is 0 Å². The fourth-order valence-corrected chi connectivity index (χ4v) is 2.86. The maximum absolute atomic E-state index is 12.6. The van der Waals surface area contributed by atoms with Crippen LogP contribution >= 0.6 is 0 Å². The number of nitrogens with zero attached hydrogens (tertiary/aromatic N) is 2. The van der Waals surface area contributed by atoms with Gasteiger partial charge in [0.1, 0.15) is 0 Å². The minimum absolute atomic E-state index is 0.193. The summed E-state index contributed by atoms with van der Waals surface area (Å²) in [7, 11) is 0. The quantitative estimate of drug-likeness (QED) is 0.489. The molecule has 0 spiro atoms. The Morgan fingerprint density at radius 2 is 1.81 bits per heavy atom. The first kappa shape index (κ1) is 18.1. The van der Waals surface area contributed by atoms with Crippen LogP contribution in [0.4, 0.5) is 5.69 Å². The van der Waals surface area contributed by atoms with Gasteiger partial charge in [0.2, 0.25) is 5.91 Å². The second-order valence-electron chi connectivity index (χ2n) is 6.12. The molecule has 0 fully saturated rings. The number of anilines is 1. The first-order valence-electron chi connectivity index (χ1n) is 8.27. The molecule has 0 aliphatic rings. The van der Waals surface area contributed by atoms with Gasteiger partial charge in [-0.3, -0.25) is 9.59 Å². The molecular weight excluding hydrogens is 342 g/mol. The van der Waals surface area contributed by atoms with Gasteiger partial charge in [-0.2, -0.15) is 4.99 Å². The van der Waals surface area contributed by atoms with Gasteiger partial charge in [0.25, 0.3) is 5.91 Å². The number of hydrogen-bond donors (Lipinski definition) is 3. The molecule has 5 N–H and O–H groups in total. The molecule has 3 aromatic rings. The predicted molar refractivity (Wildman–Crippen MR) is 106 cm³/mol. The maximum atomic E-state index is 12.6. The zero-order valence-electron chi connectivity index (χ0n) is 15.0. The van der Waals surface area contributed by atoms with Gasteiger partial charge in [0, 0.05) is 23.6 Å². The molecule has 0 aliphatic carbocycles. The molecule has 27 heavy (non-hydrogen) atoms. The third-order valence-corrected chi connectivity index (χ3v) is 4.01. The van der Waals surface area contributed by atoms with Gasteiger partial charge in [-0.25, -0.2) is 4.98 Å². The van der Waals surface area contributed by atoms with Gasteiger partial charge in [-0.1, -0.05) is 24.3 Å². The molecule has 1 aromatic heterocycles. The molecule has 0 aliphatic heterocycles. The number of nitrogens with one attached hydrogen (secondary N) is 1. The zero-order chi connectivity index (χ0) is 19.6. The summed E-state index contributed by atoms with van der Waals surface area (Å²) in [6.07, 6.45) is 0. The van der Waals surface area contributed by atoms with Crippen LogP contribution in [0.25, 0.3) is 22.2 Å². The number of amides is 2. The molecule has 0 bridgehead atoms. The molecule has 1 heterocycles. The summed E-state index contributed by atoms with van der Waals surface area (Å²) < 4.78 is 0. The van der Waals surface area contributed by atoms with Crippen molar-refractivity contribution in [2.24, 2.45) is 16.5 Å². The van der Waals surface area contributed by atoms with Gasteiger partial charge in [0.05, 0.1) is 16.8 Å². The SMILES string of the molecule is CC(=O)Nc1ccc2c(C(=O)N=C(N)N)cc(-c3ccccc3C)nc2c1. The van der Waals surface area contributed by atoms with E-state index < -0.39 is 5.91 Å². The van der Waals surface area contributed by atoms with Crippen molar-refractivity contribution in [3.8, 4) is 11.3 Å². The standard InChI is InChI=1S/C20H19N5O2/c1-11-5-3-4-6-14(11)18-10-16(19(27)25-20(21)22)15-8-7-13(23-12(2)26)9-17(15)24-18/h3-10H,1-2H3,(H,23,26)(H4,21,22,25,27). The van der Waals surface area contributed by atoms with Gasteiger partial charge in [-0.05, 0) is 36.8 Å². The van der Waals surface area contributed by atoms with Crippen molar-refractivity contribution in [2.75, 3.05) is 5.32 Å². The Balaban J connectivity index is 2.27. The van der Waals surface area contributed by atoms with Crippen LogP contribution in [0.5, 0.6) is 0 Å². The largest absolute Gasteiger partial charge is 0.370 e. The molecule has 0 saturated carbocycles. The van der Waals surface area contributed by atoms with E-state index in [2.05, 4.69) is 15.3 Å². The van der Waals surface area contributed by atoms with E-state index in [4.69, 9.17) is 11.5 Å². The lowest BCUT2D eigenvalue weighted by atomic mass is 10.0. The van der Waals surface area contributed by atoms with E-state index in [0.29, 0.717) is 27.8 Å². The van der Waals surface area contributed by atoms with Crippen molar-refractivity contribution < 1.29 is 9.59 Å². The van der Waals surface area contributed by atoms with E-state index in [1.807, 2.05) is 31.2 Å². The van der Waals surface area contributed by atoms with Gasteiger partial charge in [-0.15, -0.1) is 0 Å². The molecule has 2 aromatic carbocycles. The first-order valence-corrected chi connectivity index (χ1v) is 8.27. The van der Waals surface area contributed by atoms with Crippen LogP contribution in [-0.2, 0) is 4.79 Å². The number of hydrogen-bond acceptors (Lipinski definition) is 3. The molecule has 0 atom stereocenters. The highest BCUT2D eigenvalue weighted by Crippen LogP contribution is 2.29. The van der Waals surface area contributed by atoms with Crippen molar-refractivity contribution in [2.45, 2.75) is 13.8 Å². The number of aromatic nitrogens is 1. The first-order chi connectivity index (χ1) is 12.8. The molecule has 2 amide bonds. The molecule has 136 valence electrons. The van der Waals surface area contributed by atoms with Gasteiger partial charge >= 0.3 is 0 Å². The summed E-state index contributed by atoms with van der Waals surface area (Å²) >= 11 is 0. The van der Waals surface area contributed by atoms with Gasteiger partial charge in [0.15, 0.2) is 5.96 Å². The maximum Gasteiger partial charge on any atom is 0.280 e. The number of aliphatic imine (C=N–C) groups is 1.